The molecule has 0 atom stereocenters. The molecule has 2 rings (SSSR count). The van der Waals surface area contributed by atoms with Gasteiger partial charge < -0.3 is 10.0 Å². The van der Waals surface area contributed by atoms with Crippen LogP contribution in [-0.4, -0.2) is 91.2 Å². The number of aliphatic hydroxyl groups is 1. The van der Waals surface area contributed by atoms with Gasteiger partial charge in [-0.25, -0.2) is 8.42 Å². The van der Waals surface area contributed by atoms with Crippen molar-refractivity contribution in [3.63, 3.8) is 0 Å². The quantitative estimate of drug-likeness (QED) is 0.698. The topological polar surface area (TPSA) is 81.2 Å². The molecule has 0 unspecified atom stereocenters. The predicted octanol–water partition coefficient (Wildman–Crippen LogP) is -1.06. The number of β-amino-alcohol motifs (C(OH)–C–C–N with tert-alkyl or cyclic N) is 1. The van der Waals surface area contributed by atoms with Crippen molar-refractivity contribution in [3.8, 4) is 0 Å². The molecule has 2 fully saturated rings. The lowest BCUT2D eigenvalue weighted by Crippen LogP contribution is -2.64. The summed E-state index contributed by atoms with van der Waals surface area (Å²) in [5.74, 6) is 0.0155. The van der Waals surface area contributed by atoms with Gasteiger partial charge in [0.15, 0.2) is 0 Å². The molecule has 2 heterocycles. The van der Waals surface area contributed by atoms with Crippen LogP contribution in [0.25, 0.3) is 0 Å². The third kappa shape index (κ3) is 4.15. The van der Waals surface area contributed by atoms with Gasteiger partial charge in [0.05, 0.1) is 18.4 Å². The number of amides is 1. The number of sulfonamides is 1. The van der Waals surface area contributed by atoms with E-state index in [-0.39, 0.29) is 5.91 Å². The van der Waals surface area contributed by atoms with Crippen LogP contribution in [0.1, 0.15) is 19.8 Å². The van der Waals surface area contributed by atoms with E-state index in [4.69, 9.17) is 0 Å². The second-order valence-electron chi connectivity index (χ2n) is 6.16. The first kappa shape index (κ1) is 16.7. The van der Waals surface area contributed by atoms with Gasteiger partial charge in [-0.1, -0.05) is 13.3 Å². The number of carbonyl (C=O) groups excluding carboxylic acids is 1. The van der Waals surface area contributed by atoms with Gasteiger partial charge in [-0.15, -0.1) is 0 Å². The molecule has 0 saturated carbocycles. The van der Waals surface area contributed by atoms with Crippen LogP contribution in [-0.2, 0) is 14.8 Å². The van der Waals surface area contributed by atoms with Crippen LogP contribution in [0, 0.1) is 0 Å². The minimum atomic E-state index is -3.16. The van der Waals surface area contributed by atoms with Crippen molar-refractivity contribution in [2.24, 2.45) is 0 Å². The summed E-state index contributed by atoms with van der Waals surface area (Å²) in [6, 6.07) is 0. The Morgan fingerprint density at radius 2 is 1.76 bits per heavy atom. The average molecular weight is 319 g/mol. The van der Waals surface area contributed by atoms with E-state index in [1.165, 1.54) is 10.6 Å². The Labute approximate surface area is 126 Å². The molecule has 0 radical (unpaired) electrons. The third-order valence-corrected chi connectivity index (χ3v) is 5.47. The summed E-state index contributed by atoms with van der Waals surface area (Å²) in [4.78, 5) is 15.8. The van der Waals surface area contributed by atoms with Crippen LogP contribution in [0.2, 0.25) is 0 Å². The molecule has 2 saturated heterocycles. The lowest BCUT2D eigenvalue weighted by molar-refractivity contribution is -0.143. The normalized spacial score (nSPS) is 23.9. The third-order valence-electron chi connectivity index (χ3n) is 4.17. The average Bonchev–Trinajstić information content (AvgIpc) is 2.36. The van der Waals surface area contributed by atoms with Gasteiger partial charge in [0.1, 0.15) is 0 Å². The zero-order valence-corrected chi connectivity index (χ0v) is 13.6. The molecule has 7 nitrogen and oxygen atoms in total. The van der Waals surface area contributed by atoms with Gasteiger partial charge in [-0.3, -0.25) is 9.69 Å². The zero-order chi connectivity index (χ0) is 15.7. The fourth-order valence-corrected chi connectivity index (χ4v) is 3.91. The Hall–Kier alpha value is -0.700. The molecular formula is C13H25N3O4S. The Morgan fingerprint density at radius 3 is 2.24 bits per heavy atom. The van der Waals surface area contributed by atoms with Gasteiger partial charge in [0.25, 0.3) is 0 Å². The molecule has 0 aromatic heterocycles. The summed E-state index contributed by atoms with van der Waals surface area (Å²) >= 11 is 0. The van der Waals surface area contributed by atoms with Crippen LogP contribution in [0.4, 0.5) is 0 Å². The highest BCUT2D eigenvalue weighted by Crippen LogP contribution is 2.25. The molecule has 0 aromatic rings. The molecule has 0 aromatic carbocycles. The van der Waals surface area contributed by atoms with Crippen molar-refractivity contribution in [3.05, 3.63) is 0 Å². The van der Waals surface area contributed by atoms with Gasteiger partial charge in [-0.05, 0) is 6.42 Å². The number of piperazine rings is 1. The van der Waals surface area contributed by atoms with E-state index in [1.807, 2.05) is 11.8 Å². The van der Waals surface area contributed by atoms with E-state index in [2.05, 4.69) is 0 Å². The number of rotatable bonds is 5. The molecule has 1 amide bonds. The van der Waals surface area contributed by atoms with E-state index in [1.54, 1.807) is 4.90 Å². The Bertz CT molecular complexity index is 480. The van der Waals surface area contributed by atoms with Crippen molar-refractivity contribution in [1.82, 2.24) is 14.1 Å². The maximum Gasteiger partial charge on any atom is 0.236 e. The Kier molecular flexibility index (Phi) is 4.92. The summed E-state index contributed by atoms with van der Waals surface area (Å²) in [7, 11) is -3.16. The van der Waals surface area contributed by atoms with Crippen molar-refractivity contribution in [2.75, 3.05) is 52.1 Å². The lowest BCUT2D eigenvalue weighted by Gasteiger charge is -2.47. The van der Waals surface area contributed by atoms with Crippen molar-refractivity contribution in [2.45, 2.75) is 25.4 Å². The SMILES string of the molecule is CCCC1(O)CN(CC(=O)N2CCN(S(C)(=O)=O)CC2)C1. The smallest absolute Gasteiger partial charge is 0.236 e. The molecule has 0 spiro atoms. The number of carbonyl (C=O) groups is 1. The predicted molar refractivity (Wildman–Crippen MR) is 79.3 cm³/mol. The minimum absolute atomic E-state index is 0.0155. The molecule has 0 bridgehead atoms. The van der Waals surface area contributed by atoms with Gasteiger partial charge in [0.2, 0.25) is 15.9 Å². The highest BCUT2D eigenvalue weighted by atomic mass is 32.2. The highest BCUT2D eigenvalue weighted by Gasteiger charge is 2.41. The monoisotopic (exact) mass is 319 g/mol. The van der Waals surface area contributed by atoms with Crippen molar-refractivity contribution < 1.29 is 18.3 Å². The first-order valence-electron chi connectivity index (χ1n) is 7.41. The van der Waals surface area contributed by atoms with Gasteiger partial charge in [-0.2, -0.15) is 4.31 Å². The first-order valence-corrected chi connectivity index (χ1v) is 9.26. The van der Waals surface area contributed by atoms with Crippen LogP contribution in [0.3, 0.4) is 0 Å². The molecule has 2 aliphatic rings. The fraction of sp³-hybridized carbons (Fsp3) is 0.923. The molecule has 8 heteroatoms. The zero-order valence-electron chi connectivity index (χ0n) is 12.8. The standard InChI is InChI=1S/C13H25N3O4S/c1-3-4-13(18)10-14(11-13)9-12(17)15-5-7-16(8-6-15)21(2,19)20/h18H,3-11H2,1-2H3. The molecule has 1 N–H and O–H groups in total. The maximum absolute atomic E-state index is 12.2. The summed E-state index contributed by atoms with van der Waals surface area (Å²) < 4.78 is 24.2. The van der Waals surface area contributed by atoms with E-state index in [9.17, 15) is 18.3 Å². The summed E-state index contributed by atoms with van der Waals surface area (Å²) in [6.45, 7) is 5.07. The Morgan fingerprint density at radius 1 is 1.19 bits per heavy atom. The van der Waals surface area contributed by atoms with Gasteiger partial charge >= 0.3 is 0 Å². The summed E-state index contributed by atoms with van der Waals surface area (Å²) in [5, 5.41) is 10.1. The molecule has 21 heavy (non-hydrogen) atoms. The summed E-state index contributed by atoms with van der Waals surface area (Å²) in [6.07, 6.45) is 2.90. The number of nitrogens with zero attached hydrogens (tertiary/aromatic N) is 3. The van der Waals surface area contributed by atoms with Crippen LogP contribution in [0.15, 0.2) is 0 Å². The lowest BCUT2D eigenvalue weighted by atomic mass is 9.89. The molecule has 0 aliphatic carbocycles. The van der Waals surface area contributed by atoms with Crippen molar-refractivity contribution in [1.29, 1.82) is 0 Å². The van der Waals surface area contributed by atoms with E-state index in [0.717, 1.165) is 12.8 Å². The second-order valence-corrected chi connectivity index (χ2v) is 8.14. The molecular weight excluding hydrogens is 294 g/mol. The van der Waals surface area contributed by atoms with Crippen LogP contribution >= 0.6 is 0 Å². The number of likely N-dealkylation sites (tertiary alicyclic amines) is 1. The highest BCUT2D eigenvalue weighted by molar-refractivity contribution is 7.88. The maximum atomic E-state index is 12.2. The largest absolute Gasteiger partial charge is 0.387 e. The minimum Gasteiger partial charge on any atom is -0.387 e. The summed E-state index contributed by atoms with van der Waals surface area (Å²) in [5.41, 5.74) is -0.621. The fourth-order valence-electron chi connectivity index (χ4n) is 3.08. The van der Waals surface area contributed by atoms with Crippen LogP contribution in [0.5, 0.6) is 0 Å². The number of hydrogen-bond acceptors (Lipinski definition) is 5. The van der Waals surface area contributed by atoms with Gasteiger partial charge in [0, 0.05) is 39.3 Å². The van der Waals surface area contributed by atoms with E-state index >= 15 is 0 Å². The van der Waals surface area contributed by atoms with E-state index < -0.39 is 15.6 Å². The molecule has 2 aliphatic heterocycles. The second kappa shape index (κ2) is 6.20. The first-order chi connectivity index (χ1) is 9.73. The number of hydrogen-bond donors (Lipinski definition) is 1. The van der Waals surface area contributed by atoms with Crippen molar-refractivity contribution >= 4 is 15.9 Å². The Balaban J connectivity index is 1.74. The molecule has 122 valence electrons. The van der Waals surface area contributed by atoms with E-state index in [0.29, 0.717) is 45.8 Å². The van der Waals surface area contributed by atoms with Crippen LogP contribution < -0.4 is 0 Å².